The maximum atomic E-state index is 13.6. The molecule has 0 aliphatic rings. The zero-order valence-electron chi connectivity index (χ0n) is 13.4. The Kier molecular flexibility index (Phi) is 4.89. The number of nitrogens with zero attached hydrogens (tertiary/aromatic N) is 3. The van der Waals surface area contributed by atoms with Crippen LogP contribution < -0.4 is 20.5 Å². The van der Waals surface area contributed by atoms with E-state index in [1.54, 1.807) is 25.3 Å². The van der Waals surface area contributed by atoms with Crippen LogP contribution >= 0.6 is 0 Å². The quantitative estimate of drug-likeness (QED) is 0.711. The summed E-state index contributed by atoms with van der Waals surface area (Å²) in [5.41, 5.74) is 6.40. The number of ether oxygens (including phenoxy) is 2. The van der Waals surface area contributed by atoms with Gasteiger partial charge in [0.15, 0.2) is 17.4 Å². The highest BCUT2D eigenvalue weighted by Crippen LogP contribution is 2.25. The predicted octanol–water partition coefficient (Wildman–Crippen LogP) is 2.92. The van der Waals surface area contributed by atoms with Crippen LogP contribution in [-0.2, 0) is 6.61 Å². The first-order valence-electron chi connectivity index (χ1n) is 7.43. The molecule has 2 aromatic carbocycles. The summed E-state index contributed by atoms with van der Waals surface area (Å²) in [6, 6.07) is 13.4. The fraction of sp³-hybridized carbons (Fsp3) is 0.118. The van der Waals surface area contributed by atoms with Gasteiger partial charge in [-0.05, 0) is 24.3 Å². The van der Waals surface area contributed by atoms with E-state index >= 15 is 0 Å². The van der Waals surface area contributed by atoms with E-state index in [0.717, 1.165) is 0 Å². The molecule has 3 aromatic rings. The second-order valence-electron chi connectivity index (χ2n) is 4.98. The van der Waals surface area contributed by atoms with Gasteiger partial charge >= 0.3 is 0 Å². The van der Waals surface area contributed by atoms with E-state index in [2.05, 4.69) is 20.3 Å². The van der Waals surface area contributed by atoms with Crippen molar-refractivity contribution in [2.45, 2.75) is 6.61 Å². The average Bonchev–Trinajstić information content (AvgIpc) is 2.61. The van der Waals surface area contributed by atoms with Gasteiger partial charge in [0.05, 0.1) is 12.8 Å². The van der Waals surface area contributed by atoms with Gasteiger partial charge in [-0.25, -0.2) is 4.39 Å². The van der Waals surface area contributed by atoms with Gasteiger partial charge in [-0.2, -0.15) is 15.0 Å². The Labute approximate surface area is 143 Å². The largest absolute Gasteiger partial charge is 0.495 e. The van der Waals surface area contributed by atoms with Crippen molar-refractivity contribution in [1.29, 1.82) is 0 Å². The van der Waals surface area contributed by atoms with Crippen molar-refractivity contribution in [2.75, 3.05) is 18.2 Å². The SMILES string of the molecule is COc1ccccc1Nc1nc(N)nc(COc2ccccc2F)n1. The number of hydrogen-bond acceptors (Lipinski definition) is 7. The minimum absolute atomic E-state index is 0.0273. The Balaban J connectivity index is 1.77. The number of methoxy groups -OCH3 is 1. The molecule has 1 aromatic heterocycles. The average molecular weight is 341 g/mol. The van der Waals surface area contributed by atoms with E-state index in [1.807, 2.05) is 18.2 Å². The number of nitrogens with two attached hydrogens (primary N) is 1. The van der Waals surface area contributed by atoms with Gasteiger partial charge in [0, 0.05) is 0 Å². The molecule has 7 nitrogen and oxygen atoms in total. The molecule has 0 aliphatic carbocycles. The van der Waals surface area contributed by atoms with Gasteiger partial charge in [-0.3, -0.25) is 0 Å². The van der Waals surface area contributed by atoms with Crippen LogP contribution in [0.5, 0.6) is 11.5 Å². The van der Waals surface area contributed by atoms with Crippen LogP contribution in [0.1, 0.15) is 5.82 Å². The molecule has 0 bridgehead atoms. The van der Waals surface area contributed by atoms with Crippen molar-refractivity contribution in [2.24, 2.45) is 0 Å². The predicted molar refractivity (Wildman–Crippen MR) is 91.2 cm³/mol. The lowest BCUT2D eigenvalue weighted by Gasteiger charge is -2.11. The second-order valence-corrected chi connectivity index (χ2v) is 4.98. The van der Waals surface area contributed by atoms with Crippen molar-refractivity contribution in [1.82, 2.24) is 15.0 Å². The van der Waals surface area contributed by atoms with E-state index in [0.29, 0.717) is 11.4 Å². The molecule has 3 rings (SSSR count). The molecule has 0 fully saturated rings. The molecule has 128 valence electrons. The number of aromatic nitrogens is 3. The van der Waals surface area contributed by atoms with Crippen molar-refractivity contribution >= 4 is 17.6 Å². The molecule has 8 heteroatoms. The van der Waals surface area contributed by atoms with Crippen molar-refractivity contribution in [3.8, 4) is 11.5 Å². The van der Waals surface area contributed by atoms with Crippen molar-refractivity contribution < 1.29 is 13.9 Å². The molecular weight excluding hydrogens is 325 g/mol. The molecule has 3 N–H and O–H groups in total. The fourth-order valence-corrected chi connectivity index (χ4v) is 2.13. The molecule has 1 heterocycles. The Morgan fingerprint density at radius 2 is 1.72 bits per heavy atom. The van der Waals surface area contributed by atoms with E-state index in [4.69, 9.17) is 15.2 Å². The third kappa shape index (κ3) is 4.11. The maximum Gasteiger partial charge on any atom is 0.232 e. The smallest absolute Gasteiger partial charge is 0.232 e. The van der Waals surface area contributed by atoms with E-state index in [9.17, 15) is 4.39 Å². The van der Waals surface area contributed by atoms with Gasteiger partial charge in [-0.15, -0.1) is 0 Å². The fourth-order valence-electron chi connectivity index (χ4n) is 2.13. The summed E-state index contributed by atoms with van der Waals surface area (Å²) in [6.07, 6.45) is 0. The topological polar surface area (TPSA) is 95.2 Å². The molecule has 0 saturated heterocycles. The number of rotatable bonds is 6. The lowest BCUT2D eigenvalue weighted by Crippen LogP contribution is -2.10. The summed E-state index contributed by atoms with van der Waals surface area (Å²) in [5, 5.41) is 3.02. The van der Waals surface area contributed by atoms with Gasteiger partial charge in [0.1, 0.15) is 12.4 Å². The lowest BCUT2D eigenvalue weighted by molar-refractivity contribution is 0.281. The normalized spacial score (nSPS) is 10.3. The zero-order chi connectivity index (χ0) is 17.6. The molecule has 0 saturated carbocycles. The molecule has 0 amide bonds. The van der Waals surface area contributed by atoms with Gasteiger partial charge in [-0.1, -0.05) is 24.3 Å². The number of hydrogen-bond donors (Lipinski definition) is 2. The molecule has 0 spiro atoms. The lowest BCUT2D eigenvalue weighted by atomic mass is 10.3. The van der Waals surface area contributed by atoms with E-state index in [-0.39, 0.29) is 30.1 Å². The molecule has 25 heavy (non-hydrogen) atoms. The van der Waals surface area contributed by atoms with Crippen molar-refractivity contribution in [3.63, 3.8) is 0 Å². The van der Waals surface area contributed by atoms with Crippen LogP contribution in [0.2, 0.25) is 0 Å². The molecule has 0 atom stereocenters. The highest BCUT2D eigenvalue weighted by molar-refractivity contribution is 5.62. The van der Waals surface area contributed by atoms with Crippen LogP contribution in [0, 0.1) is 5.82 Å². The summed E-state index contributed by atoms with van der Waals surface area (Å²) in [4.78, 5) is 12.3. The minimum Gasteiger partial charge on any atom is -0.495 e. The number of anilines is 3. The summed E-state index contributed by atoms with van der Waals surface area (Å²) in [7, 11) is 1.57. The van der Waals surface area contributed by atoms with E-state index < -0.39 is 5.82 Å². The number of nitrogens with one attached hydrogen (secondary N) is 1. The van der Waals surface area contributed by atoms with E-state index in [1.165, 1.54) is 12.1 Å². The van der Waals surface area contributed by atoms with Crippen LogP contribution in [0.25, 0.3) is 0 Å². The van der Waals surface area contributed by atoms with Crippen molar-refractivity contribution in [3.05, 3.63) is 60.2 Å². The minimum atomic E-state index is -0.461. The Morgan fingerprint density at radius 1 is 1.00 bits per heavy atom. The number of benzene rings is 2. The molecule has 0 radical (unpaired) electrons. The van der Waals surface area contributed by atoms with Crippen LogP contribution in [-0.4, -0.2) is 22.1 Å². The third-order valence-corrected chi connectivity index (χ3v) is 3.25. The summed E-state index contributed by atoms with van der Waals surface area (Å²) in [6.45, 7) is -0.0474. The van der Waals surface area contributed by atoms with Crippen LogP contribution in [0.15, 0.2) is 48.5 Å². The van der Waals surface area contributed by atoms with Gasteiger partial charge in [0.2, 0.25) is 11.9 Å². The summed E-state index contributed by atoms with van der Waals surface area (Å²) >= 11 is 0. The second kappa shape index (κ2) is 7.43. The first-order chi connectivity index (χ1) is 12.2. The molecule has 0 unspecified atom stereocenters. The number of nitrogen functional groups attached to an aromatic ring is 1. The van der Waals surface area contributed by atoms with Crippen LogP contribution in [0.3, 0.4) is 0 Å². The standard InChI is InChI=1S/C17H16FN5O2/c1-24-14-9-5-3-7-12(14)20-17-22-15(21-16(19)23-17)10-25-13-8-4-2-6-11(13)18/h2-9H,10H2,1H3,(H3,19,20,21,22,23). The maximum absolute atomic E-state index is 13.6. The first-order valence-corrected chi connectivity index (χ1v) is 7.43. The monoisotopic (exact) mass is 341 g/mol. The highest BCUT2D eigenvalue weighted by Gasteiger charge is 2.09. The zero-order valence-corrected chi connectivity index (χ0v) is 13.4. The highest BCUT2D eigenvalue weighted by atomic mass is 19.1. The first kappa shape index (κ1) is 16.4. The number of para-hydroxylation sites is 3. The molecular formula is C17H16FN5O2. The summed E-state index contributed by atoms with van der Waals surface area (Å²) in [5.74, 6) is 0.820. The van der Waals surface area contributed by atoms with Gasteiger partial charge in [0.25, 0.3) is 0 Å². The third-order valence-electron chi connectivity index (χ3n) is 3.25. The molecule has 0 aliphatic heterocycles. The van der Waals surface area contributed by atoms with Gasteiger partial charge < -0.3 is 20.5 Å². The Hall–Kier alpha value is -3.42. The van der Waals surface area contributed by atoms with Crippen LogP contribution in [0.4, 0.5) is 22.0 Å². The summed E-state index contributed by atoms with van der Waals surface area (Å²) < 4.78 is 24.3. The Bertz CT molecular complexity index is 875. The Morgan fingerprint density at radius 3 is 2.48 bits per heavy atom. The number of halogens is 1.